The molecule has 0 saturated carbocycles. The summed E-state index contributed by atoms with van der Waals surface area (Å²) in [5.41, 5.74) is 13.7. The van der Waals surface area contributed by atoms with Crippen molar-refractivity contribution >= 4 is 43.5 Å². The molecule has 11 rings (SSSR count). The molecule has 0 bridgehead atoms. The molecule has 1 aliphatic carbocycles. The Hall–Kier alpha value is -6.70. The van der Waals surface area contributed by atoms with Gasteiger partial charge in [-0.05, 0) is 78.2 Å². The molecular weight excluding hydrogens is 629 g/mol. The van der Waals surface area contributed by atoms with Crippen molar-refractivity contribution in [3.63, 3.8) is 0 Å². The van der Waals surface area contributed by atoms with Crippen LogP contribution in [0.25, 0.3) is 76.9 Å². The monoisotopic (exact) mass is 660 g/mol. The van der Waals surface area contributed by atoms with Crippen LogP contribution in [0.15, 0.2) is 199 Å². The van der Waals surface area contributed by atoms with Crippen LogP contribution in [0, 0.1) is 0 Å². The first kappa shape index (κ1) is 29.1. The van der Waals surface area contributed by atoms with E-state index in [0.29, 0.717) is 0 Å². The van der Waals surface area contributed by atoms with Gasteiger partial charge in [0, 0.05) is 21.9 Å². The number of hydrogen-bond acceptors (Lipinski definition) is 1. The van der Waals surface area contributed by atoms with Gasteiger partial charge < -0.3 is 4.42 Å². The fraction of sp³-hybridized carbons (Fsp3) is 0.0196. The lowest BCUT2D eigenvalue weighted by atomic mass is 9.67. The second-order valence-electron chi connectivity index (χ2n) is 13.9. The minimum absolute atomic E-state index is 0.482. The highest BCUT2D eigenvalue weighted by Crippen LogP contribution is 2.57. The van der Waals surface area contributed by atoms with Gasteiger partial charge in [0.25, 0.3) is 0 Å². The van der Waals surface area contributed by atoms with E-state index in [2.05, 4.69) is 194 Å². The van der Waals surface area contributed by atoms with Gasteiger partial charge in [-0.1, -0.05) is 182 Å². The zero-order valence-electron chi connectivity index (χ0n) is 28.4. The maximum atomic E-state index is 7.14. The Morgan fingerprint density at radius 2 is 0.827 bits per heavy atom. The first-order valence-electron chi connectivity index (χ1n) is 18.0. The highest BCUT2D eigenvalue weighted by molar-refractivity contribution is 6.24. The zero-order chi connectivity index (χ0) is 34.2. The molecule has 0 atom stereocenters. The number of para-hydroxylation sites is 1. The van der Waals surface area contributed by atoms with Gasteiger partial charge in [-0.3, -0.25) is 0 Å². The Labute approximate surface area is 302 Å². The third-order valence-corrected chi connectivity index (χ3v) is 11.3. The van der Waals surface area contributed by atoms with Crippen LogP contribution < -0.4 is 0 Å². The lowest BCUT2D eigenvalue weighted by Crippen LogP contribution is -2.28. The third-order valence-electron chi connectivity index (χ3n) is 11.3. The summed E-state index contributed by atoms with van der Waals surface area (Å²) in [6, 6.07) is 70.7. The molecule has 1 aliphatic rings. The zero-order valence-corrected chi connectivity index (χ0v) is 28.4. The Kier molecular flexibility index (Phi) is 6.23. The Bertz CT molecular complexity index is 2890. The molecule has 0 amide bonds. The number of hydrogen-bond donors (Lipinski definition) is 0. The van der Waals surface area contributed by atoms with Gasteiger partial charge in [-0.2, -0.15) is 0 Å². The average Bonchev–Trinajstić information content (AvgIpc) is 3.73. The second-order valence-corrected chi connectivity index (χ2v) is 13.9. The quantitative estimate of drug-likeness (QED) is 0.171. The van der Waals surface area contributed by atoms with Crippen LogP contribution in [-0.4, -0.2) is 0 Å². The SMILES string of the molecule is c1ccc(-c2c3ccccc3c(-c3cccc4c3oc3cc5c(cc34)-c3ccccc3C5(c3ccccc3)c3ccccc3)c3ccccc23)cc1. The molecule has 0 unspecified atom stereocenters. The van der Waals surface area contributed by atoms with E-state index < -0.39 is 5.41 Å². The van der Waals surface area contributed by atoms with E-state index in [1.165, 1.54) is 71.6 Å². The van der Waals surface area contributed by atoms with Gasteiger partial charge in [-0.25, -0.2) is 0 Å². The molecule has 0 fully saturated rings. The molecule has 10 aromatic rings. The van der Waals surface area contributed by atoms with Crippen molar-refractivity contribution in [3.8, 4) is 33.4 Å². The fourth-order valence-corrected chi connectivity index (χ4v) is 9.26. The van der Waals surface area contributed by atoms with Crippen LogP contribution in [0.2, 0.25) is 0 Å². The lowest BCUT2D eigenvalue weighted by Gasteiger charge is -2.33. The van der Waals surface area contributed by atoms with Crippen molar-refractivity contribution in [3.05, 3.63) is 216 Å². The van der Waals surface area contributed by atoms with Crippen LogP contribution in [-0.2, 0) is 5.41 Å². The molecular formula is C51H32O. The summed E-state index contributed by atoms with van der Waals surface area (Å²) in [7, 11) is 0. The predicted molar refractivity (Wildman–Crippen MR) is 217 cm³/mol. The molecule has 1 nitrogen and oxygen atoms in total. The summed E-state index contributed by atoms with van der Waals surface area (Å²) in [6.07, 6.45) is 0. The fourth-order valence-electron chi connectivity index (χ4n) is 9.26. The molecule has 242 valence electrons. The van der Waals surface area contributed by atoms with Crippen molar-refractivity contribution in [2.75, 3.05) is 0 Å². The lowest BCUT2D eigenvalue weighted by molar-refractivity contribution is 0.667. The van der Waals surface area contributed by atoms with Crippen LogP contribution in [0.5, 0.6) is 0 Å². The molecule has 0 aliphatic heterocycles. The van der Waals surface area contributed by atoms with Gasteiger partial charge in [-0.15, -0.1) is 0 Å². The molecule has 0 spiro atoms. The first-order chi connectivity index (χ1) is 25.8. The van der Waals surface area contributed by atoms with Crippen LogP contribution >= 0.6 is 0 Å². The molecule has 9 aromatic carbocycles. The van der Waals surface area contributed by atoms with E-state index in [9.17, 15) is 0 Å². The van der Waals surface area contributed by atoms with Gasteiger partial charge in [0.2, 0.25) is 0 Å². The van der Waals surface area contributed by atoms with Gasteiger partial charge in [0.1, 0.15) is 11.2 Å². The topological polar surface area (TPSA) is 13.1 Å². The third kappa shape index (κ3) is 3.94. The summed E-state index contributed by atoms with van der Waals surface area (Å²) < 4.78 is 7.14. The van der Waals surface area contributed by atoms with Gasteiger partial charge in [0.15, 0.2) is 0 Å². The maximum absolute atomic E-state index is 7.14. The van der Waals surface area contributed by atoms with Crippen LogP contribution in [0.4, 0.5) is 0 Å². The molecule has 52 heavy (non-hydrogen) atoms. The summed E-state index contributed by atoms with van der Waals surface area (Å²) in [6.45, 7) is 0. The van der Waals surface area contributed by atoms with Crippen molar-refractivity contribution in [2.24, 2.45) is 0 Å². The highest BCUT2D eigenvalue weighted by Gasteiger charge is 2.46. The summed E-state index contributed by atoms with van der Waals surface area (Å²) in [5.74, 6) is 0. The Balaban J connectivity index is 1.23. The van der Waals surface area contributed by atoms with Gasteiger partial charge >= 0.3 is 0 Å². The molecule has 1 heteroatoms. The average molecular weight is 661 g/mol. The minimum atomic E-state index is -0.482. The molecule has 0 saturated heterocycles. The van der Waals surface area contributed by atoms with Crippen molar-refractivity contribution in [1.29, 1.82) is 0 Å². The van der Waals surface area contributed by atoms with Crippen molar-refractivity contribution < 1.29 is 4.42 Å². The smallest absolute Gasteiger partial charge is 0.143 e. The van der Waals surface area contributed by atoms with Crippen molar-refractivity contribution in [2.45, 2.75) is 5.41 Å². The Morgan fingerprint density at radius 1 is 0.327 bits per heavy atom. The predicted octanol–water partition coefficient (Wildman–Crippen LogP) is 13.6. The largest absolute Gasteiger partial charge is 0.455 e. The minimum Gasteiger partial charge on any atom is -0.455 e. The van der Waals surface area contributed by atoms with Gasteiger partial charge in [0.05, 0.1) is 5.41 Å². The van der Waals surface area contributed by atoms with E-state index >= 15 is 0 Å². The second kappa shape index (κ2) is 11.2. The number of rotatable bonds is 4. The number of fused-ring (bicyclic) bond motifs is 8. The van der Waals surface area contributed by atoms with E-state index in [1.54, 1.807) is 0 Å². The highest BCUT2D eigenvalue weighted by atomic mass is 16.3. The van der Waals surface area contributed by atoms with E-state index in [4.69, 9.17) is 4.42 Å². The van der Waals surface area contributed by atoms with E-state index in [-0.39, 0.29) is 0 Å². The van der Waals surface area contributed by atoms with E-state index in [1.807, 2.05) is 0 Å². The summed E-state index contributed by atoms with van der Waals surface area (Å²) >= 11 is 0. The summed E-state index contributed by atoms with van der Waals surface area (Å²) in [5, 5.41) is 7.18. The molecule has 0 N–H and O–H groups in total. The Morgan fingerprint density at radius 3 is 1.46 bits per heavy atom. The van der Waals surface area contributed by atoms with Crippen molar-refractivity contribution in [1.82, 2.24) is 0 Å². The molecule has 0 radical (unpaired) electrons. The normalized spacial score (nSPS) is 13.2. The molecule has 1 aromatic heterocycles. The van der Waals surface area contributed by atoms with Crippen LogP contribution in [0.1, 0.15) is 22.3 Å². The van der Waals surface area contributed by atoms with E-state index in [0.717, 1.165) is 27.5 Å². The standard InChI is InChI=1S/C51H32O/c1-4-17-33(18-5-1)48-37-24-10-12-26-39(37)49(40-27-13-11-25-38(40)48)42-29-16-28-41-44-31-43-36-23-14-15-30-45(36)51(34-19-6-2-7-20-34,35-21-8-3-9-22-35)46(43)32-47(44)52-50(41)42/h1-32H. The first-order valence-corrected chi connectivity index (χ1v) is 18.0. The number of furan rings is 1. The van der Waals surface area contributed by atoms with Crippen LogP contribution in [0.3, 0.4) is 0 Å². The number of benzene rings is 9. The molecule has 1 heterocycles. The summed E-state index contributed by atoms with van der Waals surface area (Å²) in [4.78, 5) is 0. The maximum Gasteiger partial charge on any atom is 0.143 e.